The van der Waals surface area contributed by atoms with E-state index in [1.165, 1.54) is 11.1 Å². The van der Waals surface area contributed by atoms with Crippen LogP contribution in [-0.2, 0) is 0 Å². The molecule has 2 heteroatoms. The van der Waals surface area contributed by atoms with E-state index in [0.717, 1.165) is 19.3 Å². The minimum absolute atomic E-state index is 0.00234. The van der Waals surface area contributed by atoms with Gasteiger partial charge in [-0.1, -0.05) is 75.3 Å². The number of hydrogen-bond acceptors (Lipinski definition) is 2. The lowest BCUT2D eigenvalue weighted by molar-refractivity contribution is 0.0972. The normalized spacial score (nSPS) is 16.0. The minimum atomic E-state index is -0.0165. The Hall–Kier alpha value is -2.22. The Morgan fingerprint density at radius 1 is 1.07 bits per heavy atom. The Labute approximate surface area is 176 Å². The second kappa shape index (κ2) is 9.52. The molecule has 0 N–H and O–H groups in total. The van der Waals surface area contributed by atoms with Gasteiger partial charge in [0.1, 0.15) is 0 Å². The van der Waals surface area contributed by atoms with E-state index >= 15 is 0 Å². The van der Waals surface area contributed by atoms with Gasteiger partial charge in [-0.25, -0.2) is 0 Å². The number of Topliss-reactive ketones (excluding diaryl/α,β-unsaturated/α-hetero) is 2. The Morgan fingerprint density at radius 3 is 2.21 bits per heavy atom. The maximum atomic E-state index is 13.1. The molecule has 156 valence electrons. The molecule has 2 nitrogen and oxygen atoms in total. The van der Waals surface area contributed by atoms with Gasteiger partial charge < -0.3 is 0 Å². The van der Waals surface area contributed by atoms with Crippen molar-refractivity contribution in [3.8, 4) is 0 Å². The highest BCUT2D eigenvalue weighted by Gasteiger charge is 2.30. The molecule has 29 heavy (non-hydrogen) atoms. The molecular weight excluding hydrogens is 356 g/mol. The molecule has 0 bridgehead atoms. The highest BCUT2D eigenvalue weighted by Crippen LogP contribution is 2.36. The van der Waals surface area contributed by atoms with Gasteiger partial charge in [-0.3, -0.25) is 9.59 Å². The van der Waals surface area contributed by atoms with Crippen LogP contribution in [0.1, 0.15) is 94.9 Å². The van der Waals surface area contributed by atoms with Crippen molar-refractivity contribution < 1.29 is 9.59 Å². The lowest BCUT2D eigenvalue weighted by atomic mass is 9.77. The third kappa shape index (κ3) is 5.88. The number of benzene rings is 1. The molecule has 0 atom stereocenters. The fourth-order valence-electron chi connectivity index (χ4n) is 4.12. The van der Waals surface area contributed by atoms with Gasteiger partial charge in [0.15, 0.2) is 11.6 Å². The van der Waals surface area contributed by atoms with Gasteiger partial charge in [0.25, 0.3) is 0 Å². The summed E-state index contributed by atoms with van der Waals surface area (Å²) in [7, 11) is 0. The molecule has 1 aliphatic rings. The number of carbonyl (C=O) groups is 2. The Kier molecular flexibility index (Phi) is 7.57. The summed E-state index contributed by atoms with van der Waals surface area (Å²) in [4.78, 5) is 25.8. The monoisotopic (exact) mass is 392 g/mol. The summed E-state index contributed by atoms with van der Waals surface area (Å²) in [6.45, 7) is 15.1. The van der Waals surface area contributed by atoms with E-state index in [9.17, 15) is 9.59 Å². The SMILES string of the molecule is C/C=C(\CC1=C(C)C(=O)c2ccccc2C1=O)CC(C)(C)C/C=C(\C)CC(C)C. The maximum absolute atomic E-state index is 13.1. The van der Waals surface area contributed by atoms with Crippen molar-refractivity contribution >= 4 is 11.6 Å². The van der Waals surface area contributed by atoms with Gasteiger partial charge in [0.05, 0.1) is 0 Å². The second-order valence-corrected chi connectivity index (χ2v) is 9.62. The van der Waals surface area contributed by atoms with Crippen LogP contribution >= 0.6 is 0 Å². The molecular formula is C27H36O2. The molecule has 1 aromatic rings. The molecule has 2 rings (SSSR count). The average molecular weight is 393 g/mol. The van der Waals surface area contributed by atoms with E-state index in [1.54, 1.807) is 19.1 Å². The predicted octanol–water partition coefficient (Wildman–Crippen LogP) is 7.52. The first kappa shape index (κ1) is 23.1. The fraction of sp³-hybridized carbons (Fsp3) is 0.481. The van der Waals surface area contributed by atoms with Gasteiger partial charge in [0, 0.05) is 22.3 Å². The first-order valence-electron chi connectivity index (χ1n) is 10.7. The molecule has 1 aliphatic carbocycles. The Morgan fingerprint density at radius 2 is 1.66 bits per heavy atom. The number of rotatable bonds is 8. The van der Waals surface area contributed by atoms with Gasteiger partial charge in [-0.15, -0.1) is 0 Å². The Balaban J connectivity index is 2.16. The van der Waals surface area contributed by atoms with Gasteiger partial charge in [0.2, 0.25) is 0 Å². The number of allylic oxidation sites excluding steroid dienone is 6. The van der Waals surface area contributed by atoms with Crippen LogP contribution in [0.4, 0.5) is 0 Å². The van der Waals surface area contributed by atoms with E-state index in [0.29, 0.717) is 34.6 Å². The van der Waals surface area contributed by atoms with Crippen molar-refractivity contribution in [1.29, 1.82) is 0 Å². The highest BCUT2D eigenvalue weighted by atomic mass is 16.1. The van der Waals surface area contributed by atoms with E-state index in [-0.39, 0.29) is 17.0 Å². The molecule has 1 aromatic carbocycles. The largest absolute Gasteiger partial charge is 0.289 e. The van der Waals surface area contributed by atoms with Crippen molar-refractivity contribution in [2.75, 3.05) is 0 Å². The molecule has 0 radical (unpaired) electrons. The summed E-state index contributed by atoms with van der Waals surface area (Å²) in [6.07, 6.45) is 8.09. The topological polar surface area (TPSA) is 34.1 Å². The molecule has 0 spiro atoms. The van der Waals surface area contributed by atoms with Crippen molar-refractivity contribution in [2.45, 2.75) is 74.1 Å². The summed E-state index contributed by atoms with van der Waals surface area (Å²) in [5, 5.41) is 0. The molecule has 0 fully saturated rings. The first-order chi connectivity index (χ1) is 13.6. The van der Waals surface area contributed by atoms with Gasteiger partial charge >= 0.3 is 0 Å². The molecule has 0 aromatic heterocycles. The maximum Gasteiger partial charge on any atom is 0.190 e. The van der Waals surface area contributed by atoms with Crippen LogP contribution in [0.15, 0.2) is 58.7 Å². The van der Waals surface area contributed by atoms with Crippen LogP contribution in [-0.4, -0.2) is 11.6 Å². The smallest absolute Gasteiger partial charge is 0.190 e. The zero-order valence-electron chi connectivity index (χ0n) is 19.2. The van der Waals surface area contributed by atoms with Gasteiger partial charge in [-0.2, -0.15) is 0 Å². The minimum Gasteiger partial charge on any atom is -0.289 e. The zero-order chi connectivity index (χ0) is 21.8. The predicted molar refractivity (Wildman–Crippen MR) is 122 cm³/mol. The highest BCUT2D eigenvalue weighted by molar-refractivity contribution is 6.26. The Bertz CT molecular complexity index is 876. The molecule has 0 amide bonds. The molecule has 0 heterocycles. The first-order valence-corrected chi connectivity index (χ1v) is 10.7. The average Bonchev–Trinajstić information content (AvgIpc) is 2.66. The van der Waals surface area contributed by atoms with Crippen LogP contribution in [0, 0.1) is 11.3 Å². The van der Waals surface area contributed by atoms with Crippen molar-refractivity contribution in [3.05, 3.63) is 69.8 Å². The van der Waals surface area contributed by atoms with Crippen molar-refractivity contribution in [2.24, 2.45) is 11.3 Å². The summed E-state index contributed by atoms with van der Waals surface area (Å²) < 4.78 is 0. The molecule has 0 unspecified atom stereocenters. The van der Waals surface area contributed by atoms with E-state index < -0.39 is 0 Å². The lowest BCUT2D eigenvalue weighted by Gasteiger charge is -2.27. The number of fused-ring (bicyclic) bond motifs is 1. The number of carbonyl (C=O) groups excluding carboxylic acids is 2. The lowest BCUT2D eigenvalue weighted by Crippen LogP contribution is -2.22. The second-order valence-electron chi connectivity index (χ2n) is 9.62. The van der Waals surface area contributed by atoms with E-state index in [1.807, 2.05) is 19.1 Å². The van der Waals surface area contributed by atoms with Crippen LogP contribution in [0.3, 0.4) is 0 Å². The summed E-state index contributed by atoms with van der Waals surface area (Å²) in [5.74, 6) is 0.660. The van der Waals surface area contributed by atoms with Crippen LogP contribution in [0.25, 0.3) is 0 Å². The van der Waals surface area contributed by atoms with Crippen LogP contribution in [0.5, 0.6) is 0 Å². The molecule has 0 saturated heterocycles. The third-order valence-electron chi connectivity index (χ3n) is 5.73. The quantitative estimate of drug-likeness (QED) is 0.429. The third-order valence-corrected chi connectivity index (χ3v) is 5.73. The van der Waals surface area contributed by atoms with Gasteiger partial charge in [-0.05, 0) is 57.8 Å². The van der Waals surface area contributed by atoms with E-state index in [2.05, 4.69) is 46.8 Å². The van der Waals surface area contributed by atoms with E-state index in [4.69, 9.17) is 0 Å². The van der Waals surface area contributed by atoms with Crippen LogP contribution < -0.4 is 0 Å². The van der Waals surface area contributed by atoms with Crippen molar-refractivity contribution in [3.63, 3.8) is 0 Å². The molecule has 0 aliphatic heterocycles. The standard InChI is InChI=1S/C27H36O2/c1-8-21(17-27(6,7)14-13-19(4)15-18(2)3)16-24-20(5)25(28)22-11-9-10-12-23(22)26(24)29/h8-13,18H,14-17H2,1-7H3/b19-13+,21-8+. The summed E-state index contributed by atoms with van der Waals surface area (Å²) in [6, 6.07) is 7.16. The molecule has 0 saturated carbocycles. The number of ketones is 2. The zero-order valence-corrected chi connectivity index (χ0v) is 19.2. The van der Waals surface area contributed by atoms with Crippen LogP contribution in [0.2, 0.25) is 0 Å². The summed E-state index contributed by atoms with van der Waals surface area (Å²) >= 11 is 0. The number of hydrogen-bond donors (Lipinski definition) is 0. The summed E-state index contributed by atoms with van der Waals surface area (Å²) in [5.41, 5.74) is 5.10. The fourth-order valence-corrected chi connectivity index (χ4v) is 4.12. The van der Waals surface area contributed by atoms with Crippen molar-refractivity contribution in [1.82, 2.24) is 0 Å².